The number of halogens is 1. The summed E-state index contributed by atoms with van der Waals surface area (Å²) in [4.78, 5) is 0. The minimum atomic E-state index is -0.271. The van der Waals surface area contributed by atoms with Crippen LogP contribution in [0.4, 0.5) is 0 Å². The molecule has 0 aliphatic rings. The first-order chi connectivity index (χ1) is 5.68. The average Bonchev–Trinajstić information content (AvgIpc) is 2.35. The molecule has 0 aromatic carbocycles. The monoisotopic (exact) mass is 249 g/mol. The van der Waals surface area contributed by atoms with Crippen LogP contribution in [0.3, 0.4) is 0 Å². The van der Waals surface area contributed by atoms with E-state index in [0.717, 1.165) is 10.3 Å². The maximum atomic E-state index is 8.97. The molecule has 1 heterocycles. The molecule has 0 aliphatic heterocycles. The quantitative estimate of drug-likeness (QED) is 0.856. The Kier molecular flexibility index (Phi) is 4.21. The van der Waals surface area contributed by atoms with Crippen LogP contribution in [-0.2, 0) is 6.54 Å². The van der Waals surface area contributed by atoms with Gasteiger partial charge in [0.1, 0.15) is 0 Å². The molecular weight excluding hydrogens is 238 g/mol. The topological polar surface area (TPSA) is 32.3 Å². The van der Waals surface area contributed by atoms with Gasteiger partial charge >= 0.3 is 0 Å². The van der Waals surface area contributed by atoms with E-state index < -0.39 is 0 Å². The smallest absolute Gasteiger partial charge is 0.0701 e. The highest BCUT2D eigenvalue weighted by Crippen LogP contribution is 2.20. The fourth-order valence-electron chi connectivity index (χ4n) is 0.864. The van der Waals surface area contributed by atoms with E-state index in [4.69, 9.17) is 5.11 Å². The maximum absolute atomic E-state index is 8.97. The molecule has 0 saturated carbocycles. The van der Waals surface area contributed by atoms with Gasteiger partial charge < -0.3 is 10.4 Å². The molecule has 1 atom stereocenters. The van der Waals surface area contributed by atoms with Crippen molar-refractivity contribution in [3.8, 4) is 0 Å². The largest absolute Gasteiger partial charge is 0.392 e. The number of nitrogens with one attached hydrogen (secondary N) is 1. The molecule has 0 aliphatic carbocycles. The zero-order valence-electron chi connectivity index (χ0n) is 6.88. The second kappa shape index (κ2) is 4.97. The van der Waals surface area contributed by atoms with Crippen LogP contribution in [0.2, 0.25) is 0 Å². The highest BCUT2D eigenvalue weighted by molar-refractivity contribution is 9.11. The Hall–Kier alpha value is 0.100. The summed E-state index contributed by atoms with van der Waals surface area (Å²) < 4.78 is 1.15. The van der Waals surface area contributed by atoms with Crippen molar-refractivity contribution in [3.05, 3.63) is 20.8 Å². The Balaban J connectivity index is 2.24. The molecule has 68 valence electrons. The fourth-order valence-corrected chi connectivity index (χ4v) is 2.07. The van der Waals surface area contributed by atoms with Gasteiger partial charge in [0.05, 0.1) is 9.89 Å². The van der Waals surface area contributed by atoms with Gasteiger partial charge in [-0.15, -0.1) is 11.3 Å². The van der Waals surface area contributed by atoms with Crippen LogP contribution in [-0.4, -0.2) is 17.8 Å². The van der Waals surface area contributed by atoms with E-state index in [0.29, 0.717) is 6.54 Å². The van der Waals surface area contributed by atoms with Crippen LogP contribution in [0.15, 0.2) is 15.2 Å². The minimum absolute atomic E-state index is 0.271. The van der Waals surface area contributed by atoms with Crippen molar-refractivity contribution in [2.45, 2.75) is 19.6 Å². The summed E-state index contributed by atoms with van der Waals surface area (Å²) in [6.07, 6.45) is -0.271. The number of thiophene rings is 1. The van der Waals surface area contributed by atoms with Gasteiger partial charge in [-0.05, 0) is 39.9 Å². The zero-order chi connectivity index (χ0) is 8.97. The third-order valence-corrected chi connectivity index (χ3v) is 2.94. The lowest BCUT2D eigenvalue weighted by Crippen LogP contribution is -2.23. The van der Waals surface area contributed by atoms with Crippen molar-refractivity contribution in [2.24, 2.45) is 0 Å². The lowest BCUT2D eigenvalue weighted by Gasteiger charge is -2.04. The predicted molar refractivity (Wildman–Crippen MR) is 55.4 cm³/mol. The molecule has 0 bridgehead atoms. The molecule has 4 heteroatoms. The van der Waals surface area contributed by atoms with E-state index in [1.807, 2.05) is 0 Å². The van der Waals surface area contributed by atoms with Crippen LogP contribution in [0, 0.1) is 0 Å². The minimum Gasteiger partial charge on any atom is -0.392 e. The van der Waals surface area contributed by atoms with Gasteiger partial charge in [-0.1, -0.05) is 0 Å². The molecular formula is C8H12BrNOS. The van der Waals surface area contributed by atoms with Crippen molar-refractivity contribution < 1.29 is 5.11 Å². The molecule has 1 rings (SSSR count). The number of rotatable bonds is 4. The van der Waals surface area contributed by atoms with Crippen molar-refractivity contribution >= 4 is 27.3 Å². The predicted octanol–water partition coefficient (Wildman–Crippen LogP) is 1.98. The van der Waals surface area contributed by atoms with Gasteiger partial charge in [0.2, 0.25) is 0 Å². The molecule has 0 saturated heterocycles. The van der Waals surface area contributed by atoms with Crippen LogP contribution < -0.4 is 5.32 Å². The maximum Gasteiger partial charge on any atom is 0.0701 e. The highest BCUT2D eigenvalue weighted by atomic mass is 79.9. The van der Waals surface area contributed by atoms with Crippen molar-refractivity contribution in [1.29, 1.82) is 0 Å². The number of aliphatic hydroxyl groups is 1. The molecule has 0 spiro atoms. The molecule has 0 radical (unpaired) electrons. The van der Waals surface area contributed by atoms with Gasteiger partial charge in [-0.3, -0.25) is 0 Å². The summed E-state index contributed by atoms with van der Waals surface area (Å²) in [5.74, 6) is 0. The summed E-state index contributed by atoms with van der Waals surface area (Å²) in [6, 6.07) is 2.08. The molecule has 12 heavy (non-hydrogen) atoms. The van der Waals surface area contributed by atoms with Crippen molar-refractivity contribution in [2.75, 3.05) is 6.54 Å². The lowest BCUT2D eigenvalue weighted by molar-refractivity contribution is 0.191. The van der Waals surface area contributed by atoms with Gasteiger partial charge in [0, 0.05) is 13.1 Å². The zero-order valence-corrected chi connectivity index (χ0v) is 9.28. The second-order valence-electron chi connectivity index (χ2n) is 2.74. The Morgan fingerprint density at radius 2 is 2.50 bits per heavy atom. The third kappa shape index (κ3) is 3.67. The molecule has 0 unspecified atom stereocenters. The first kappa shape index (κ1) is 10.2. The van der Waals surface area contributed by atoms with Crippen LogP contribution in [0.1, 0.15) is 12.5 Å². The summed E-state index contributed by atoms with van der Waals surface area (Å²) in [7, 11) is 0. The number of hydrogen-bond acceptors (Lipinski definition) is 3. The van der Waals surface area contributed by atoms with E-state index in [1.54, 1.807) is 18.3 Å². The summed E-state index contributed by atoms with van der Waals surface area (Å²) >= 11 is 5.07. The summed E-state index contributed by atoms with van der Waals surface area (Å²) in [6.45, 7) is 3.25. The standard InChI is InChI=1S/C8H12BrNOS/c1-6(11)3-10-4-7-2-8(9)12-5-7/h2,5-6,10-11H,3-4H2,1H3/t6-/m1/s1. The van der Waals surface area contributed by atoms with E-state index in [9.17, 15) is 0 Å². The molecule has 1 aromatic rings. The number of aliphatic hydroxyl groups excluding tert-OH is 1. The lowest BCUT2D eigenvalue weighted by atomic mass is 10.3. The van der Waals surface area contributed by atoms with Crippen LogP contribution >= 0.6 is 27.3 Å². The Morgan fingerprint density at radius 3 is 3.00 bits per heavy atom. The fraction of sp³-hybridized carbons (Fsp3) is 0.500. The van der Waals surface area contributed by atoms with Gasteiger partial charge in [-0.2, -0.15) is 0 Å². The Bertz CT molecular complexity index is 237. The SMILES string of the molecule is C[C@@H](O)CNCc1csc(Br)c1. The van der Waals surface area contributed by atoms with Gasteiger partial charge in [-0.25, -0.2) is 0 Å². The molecule has 2 N–H and O–H groups in total. The van der Waals surface area contributed by atoms with E-state index >= 15 is 0 Å². The molecule has 0 fully saturated rings. The second-order valence-corrected chi connectivity index (χ2v) is 5.03. The molecule has 2 nitrogen and oxygen atoms in total. The van der Waals surface area contributed by atoms with E-state index in [1.165, 1.54) is 5.56 Å². The third-order valence-electron chi connectivity index (χ3n) is 1.39. The van der Waals surface area contributed by atoms with Gasteiger partial charge in [0.25, 0.3) is 0 Å². The Morgan fingerprint density at radius 1 is 1.75 bits per heavy atom. The van der Waals surface area contributed by atoms with E-state index in [2.05, 4.69) is 32.7 Å². The average molecular weight is 250 g/mol. The normalized spacial score (nSPS) is 13.2. The van der Waals surface area contributed by atoms with Gasteiger partial charge in [0.15, 0.2) is 0 Å². The summed E-state index contributed by atoms with van der Waals surface area (Å²) in [5, 5.41) is 14.2. The molecule has 1 aromatic heterocycles. The van der Waals surface area contributed by atoms with Crippen LogP contribution in [0.5, 0.6) is 0 Å². The first-order valence-corrected chi connectivity index (χ1v) is 5.47. The Labute approximate surface area is 84.7 Å². The highest BCUT2D eigenvalue weighted by Gasteiger charge is 1.97. The summed E-state index contributed by atoms with van der Waals surface area (Å²) in [5.41, 5.74) is 1.26. The van der Waals surface area contributed by atoms with Crippen molar-refractivity contribution in [1.82, 2.24) is 5.32 Å². The first-order valence-electron chi connectivity index (χ1n) is 3.80. The number of hydrogen-bond donors (Lipinski definition) is 2. The van der Waals surface area contributed by atoms with Crippen molar-refractivity contribution in [3.63, 3.8) is 0 Å². The molecule has 0 amide bonds. The van der Waals surface area contributed by atoms with Crippen LogP contribution in [0.25, 0.3) is 0 Å². The van der Waals surface area contributed by atoms with E-state index in [-0.39, 0.29) is 6.10 Å².